The third-order valence-corrected chi connectivity index (χ3v) is 7.00. The van der Waals surface area contributed by atoms with Crippen LogP contribution in [0.1, 0.15) is 64.2 Å². The quantitative estimate of drug-likeness (QED) is 0.487. The molecule has 7 nitrogen and oxygen atoms in total. The average Bonchev–Trinajstić information content (AvgIpc) is 3.10. The van der Waals surface area contributed by atoms with Gasteiger partial charge in [0.05, 0.1) is 18.6 Å². The van der Waals surface area contributed by atoms with Crippen molar-refractivity contribution in [1.29, 1.82) is 0 Å². The van der Waals surface area contributed by atoms with Crippen molar-refractivity contribution in [1.82, 2.24) is 4.57 Å². The molecule has 1 heterocycles. The fourth-order valence-corrected chi connectivity index (χ4v) is 5.31. The van der Waals surface area contributed by atoms with E-state index in [4.69, 9.17) is 9.47 Å². The maximum Gasteiger partial charge on any atom is 0.337 e. The van der Waals surface area contributed by atoms with Gasteiger partial charge in [0.25, 0.3) is 0 Å². The van der Waals surface area contributed by atoms with Crippen LogP contribution in [-0.2, 0) is 19.1 Å². The van der Waals surface area contributed by atoms with Crippen LogP contribution in [0.25, 0.3) is 5.69 Å². The van der Waals surface area contributed by atoms with Gasteiger partial charge < -0.3 is 14.0 Å². The maximum atomic E-state index is 12.9. The van der Waals surface area contributed by atoms with E-state index in [1.807, 2.05) is 18.4 Å². The number of esters is 2. The number of Topliss-reactive ketones (excluding diaryl/α,β-unsaturated/α-hetero) is 2. The lowest BCUT2D eigenvalue weighted by molar-refractivity contribution is -0.152. The number of carbonyl (C=O) groups is 4. The minimum absolute atomic E-state index is 0.0322. The molecule has 1 aromatic heterocycles. The molecule has 2 aliphatic carbocycles. The molecule has 4 rings (SSSR count). The first-order valence-corrected chi connectivity index (χ1v) is 11.4. The molecule has 0 spiro atoms. The summed E-state index contributed by atoms with van der Waals surface area (Å²) in [5, 5.41) is 0. The minimum atomic E-state index is -0.411. The number of fused-ring (bicyclic) bond motifs is 2. The highest BCUT2D eigenvalue weighted by atomic mass is 16.5. The van der Waals surface area contributed by atoms with Crippen LogP contribution in [0.4, 0.5) is 0 Å². The van der Waals surface area contributed by atoms with Crippen molar-refractivity contribution in [3.05, 3.63) is 52.8 Å². The molecule has 0 radical (unpaired) electrons. The summed E-state index contributed by atoms with van der Waals surface area (Å²) in [5.41, 5.74) is 3.34. The molecule has 2 fully saturated rings. The number of hydrogen-bond acceptors (Lipinski definition) is 6. The van der Waals surface area contributed by atoms with Crippen LogP contribution in [0.3, 0.4) is 0 Å². The monoisotopic (exact) mass is 451 g/mol. The second kappa shape index (κ2) is 9.33. The lowest BCUT2D eigenvalue weighted by atomic mass is 9.67. The number of ether oxygens (including phenoxy) is 2. The van der Waals surface area contributed by atoms with Gasteiger partial charge in [-0.05, 0) is 69.9 Å². The number of aromatic nitrogens is 1. The van der Waals surface area contributed by atoms with E-state index in [1.165, 1.54) is 7.11 Å². The van der Waals surface area contributed by atoms with Crippen LogP contribution in [0.5, 0.6) is 0 Å². The Morgan fingerprint density at radius 1 is 1.03 bits per heavy atom. The van der Waals surface area contributed by atoms with E-state index in [-0.39, 0.29) is 36.1 Å². The Balaban J connectivity index is 1.42. The Bertz CT molecular complexity index is 1080. The number of benzene rings is 1. The fourth-order valence-electron chi connectivity index (χ4n) is 5.31. The molecule has 33 heavy (non-hydrogen) atoms. The van der Waals surface area contributed by atoms with Crippen molar-refractivity contribution in [3.63, 3.8) is 0 Å². The van der Waals surface area contributed by atoms with E-state index < -0.39 is 5.97 Å². The SMILES string of the molecule is COC(=O)c1ccc(-n2c(C)cc(C(=O)COC(=O)C3CC4CCCC(C3)C4=O)c2C)cc1. The number of aryl methyl sites for hydroxylation is 1. The van der Waals surface area contributed by atoms with E-state index in [9.17, 15) is 19.2 Å². The summed E-state index contributed by atoms with van der Waals surface area (Å²) >= 11 is 0. The van der Waals surface area contributed by atoms with Crippen molar-refractivity contribution in [2.24, 2.45) is 17.8 Å². The standard InChI is InChI=1S/C26H29NO6/c1-15-11-22(16(2)27(15)21-9-7-17(8-10-21)25(30)32-3)23(28)14-33-26(31)20-12-18-5-4-6-19(13-20)24(18)29/h7-11,18-20H,4-6,12-14H2,1-3H3. The van der Waals surface area contributed by atoms with Gasteiger partial charge in [0.2, 0.25) is 5.78 Å². The van der Waals surface area contributed by atoms with Gasteiger partial charge in [0.1, 0.15) is 5.78 Å². The van der Waals surface area contributed by atoms with Crippen molar-refractivity contribution in [3.8, 4) is 5.69 Å². The Hall–Kier alpha value is -3.22. The number of methoxy groups -OCH3 is 1. The van der Waals surface area contributed by atoms with Crippen molar-refractivity contribution < 1.29 is 28.7 Å². The second-order valence-corrected chi connectivity index (χ2v) is 9.09. The van der Waals surface area contributed by atoms with Crippen LogP contribution in [0.15, 0.2) is 30.3 Å². The topological polar surface area (TPSA) is 91.7 Å². The highest BCUT2D eigenvalue weighted by Gasteiger charge is 2.42. The molecule has 0 N–H and O–H groups in total. The van der Waals surface area contributed by atoms with Gasteiger partial charge in [-0.3, -0.25) is 14.4 Å². The van der Waals surface area contributed by atoms with E-state index in [1.54, 1.807) is 30.3 Å². The summed E-state index contributed by atoms with van der Waals surface area (Å²) in [6.07, 6.45) is 3.83. The smallest absolute Gasteiger partial charge is 0.337 e. The number of carbonyl (C=O) groups excluding carboxylic acids is 4. The van der Waals surface area contributed by atoms with Gasteiger partial charge in [0, 0.05) is 34.5 Å². The molecule has 7 heteroatoms. The van der Waals surface area contributed by atoms with E-state index in [2.05, 4.69) is 0 Å². The lowest BCUT2D eigenvalue weighted by Gasteiger charge is -2.36. The lowest BCUT2D eigenvalue weighted by Crippen LogP contribution is -2.39. The molecular weight excluding hydrogens is 422 g/mol. The molecule has 2 aliphatic rings. The molecule has 0 saturated heterocycles. The maximum absolute atomic E-state index is 12.9. The van der Waals surface area contributed by atoms with Crippen molar-refractivity contribution >= 4 is 23.5 Å². The molecule has 174 valence electrons. The van der Waals surface area contributed by atoms with Gasteiger partial charge in [-0.1, -0.05) is 6.42 Å². The largest absolute Gasteiger partial charge is 0.465 e. The highest BCUT2D eigenvalue weighted by molar-refractivity contribution is 5.99. The van der Waals surface area contributed by atoms with Crippen LogP contribution in [0.2, 0.25) is 0 Å². The van der Waals surface area contributed by atoms with Crippen LogP contribution in [0, 0.1) is 31.6 Å². The molecule has 0 aliphatic heterocycles. The highest BCUT2D eigenvalue weighted by Crippen LogP contribution is 2.40. The van der Waals surface area contributed by atoms with Crippen molar-refractivity contribution in [2.75, 3.05) is 13.7 Å². The first-order chi connectivity index (χ1) is 15.8. The summed E-state index contributed by atoms with van der Waals surface area (Å²) in [4.78, 5) is 49.4. The normalized spacial score (nSPS) is 22.0. The predicted molar refractivity (Wildman–Crippen MR) is 120 cm³/mol. The van der Waals surface area contributed by atoms with Gasteiger partial charge in [0.15, 0.2) is 6.61 Å². The van der Waals surface area contributed by atoms with Gasteiger partial charge in [-0.15, -0.1) is 0 Å². The number of hydrogen-bond donors (Lipinski definition) is 0. The fraction of sp³-hybridized carbons (Fsp3) is 0.462. The second-order valence-electron chi connectivity index (χ2n) is 9.09. The Morgan fingerprint density at radius 3 is 2.27 bits per heavy atom. The van der Waals surface area contributed by atoms with Gasteiger partial charge >= 0.3 is 11.9 Å². The van der Waals surface area contributed by atoms with Crippen LogP contribution >= 0.6 is 0 Å². The predicted octanol–water partition coefficient (Wildman–Crippen LogP) is 4.00. The first-order valence-electron chi connectivity index (χ1n) is 11.4. The molecule has 2 aromatic rings. The Labute approximate surface area is 193 Å². The summed E-state index contributed by atoms with van der Waals surface area (Å²) in [6, 6.07) is 8.72. The summed E-state index contributed by atoms with van der Waals surface area (Å²) in [5.74, 6) is -1.11. The summed E-state index contributed by atoms with van der Waals surface area (Å²) in [7, 11) is 1.33. The number of nitrogens with zero attached hydrogens (tertiary/aromatic N) is 1. The van der Waals surface area contributed by atoms with Gasteiger partial charge in [-0.25, -0.2) is 4.79 Å². The van der Waals surface area contributed by atoms with Crippen molar-refractivity contribution in [2.45, 2.75) is 46.0 Å². The number of rotatable bonds is 6. The molecule has 2 unspecified atom stereocenters. The van der Waals surface area contributed by atoms with E-state index >= 15 is 0 Å². The van der Waals surface area contributed by atoms with E-state index in [0.29, 0.717) is 29.8 Å². The zero-order valence-corrected chi connectivity index (χ0v) is 19.3. The molecule has 0 amide bonds. The molecule has 2 saturated carbocycles. The third-order valence-electron chi connectivity index (χ3n) is 7.00. The van der Waals surface area contributed by atoms with Crippen LogP contribution < -0.4 is 0 Å². The van der Waals surface area contributed by atoms with Crippen LogP contribution in [-0.4, -0.2) is 41.8 Å². The minimum Gasteiger partial charge on any atom is -0.465 e. The zero-order chi connectivity index (χ0) is 23.7. The zero-order valence-electron chi connectivity index (χ0n) is 19.3. The van der Waals surface area contributed by atoms with Gasteiger partial charge in [-0.2, -0.15) is 0 Å². The Morgan fingerprint density at radius 2 is 1.67 bits per heavy atom. The number of ketones is 2. The third kappa shape index (κ3) is 4.49. The molecule has 1 aromatic carbocycles. The van der Waals surface area contributed by atoms with E-state index in [0.717, 1.165) is 36.3 Å². The molecular formula is C26H29NO6. The average molecular weight is 452 g/mol. The first kappa shape index (κ1) is 23.0. The summed E-state index contributed by atoms with van der Waals surface area (Å²) < 4.78 is 12.1. The molecule has 2 bridgehead atoms. The molecule has 2 atom stereocenters. The summed E-state index contributed by atoms with van der Waals surface area (Å²) in [6.45, 7) is 3.41. The Kier molecular flexibility index (Phi) is 6.49.